The molecule has 0 fully saturated rings. The van der Waals surface area contributed by atoms with Gasteiger partial charge in [-0.15, -0.1) is 0 Å². The average molecular weight is 371 g/mol. The Morgan fingerprint density at radius 2 is 1.35 bits per heavy atom. The van der Waals surface area contributed by atoms with E-state index in [9.17, 15) is 9.59 Å². The van der Waals surface area contributed by atoms with Crippen molar-refractivity contribution >= 4 is 11.9 Å². The fourth-order valence-corrected chi connectivity index (χ4v) is 2.65. The van der Waals surface area contributed by atoms with Crippen molar-refractivity contribution in [2.75, 3.05) is 6.61 Å². The Bertz CT molecular complexity index is 379. The van der Waals surface area contributed by atoms with Crippen LogP contribution in [-0.2, 0) is 14.3 Å². The normalized spacial score (nSPS) is 12.4. The summed E-state index contributed by atoms with van der Waals surface area (Å²) in [6, 6.07) is 0. The van der Waals surface area contributed by atoms with Crippen molar-refractivity contribution in [1.82, 2.24) is 0 Å². The summed E-state index contributed by atoms with van der Waals surface area (Å²) in [5.74, 6) is -1.72. The zero-order chi connectivity index (χ0) is 19.5. The van der Waals surface area contributed by atoms with Gasteiger partial charge in [0.1, 0.15) is 0 Å². The van der Waals surface area contributed by atoms with E-state index in [4.69, 9.17) is 10.2 Å². The van der Waals surface area contributed by atoms with Crippen LogP contribution in [0.5, 0.6) is 0 Å². The highest BCUT2D eigenvalue weighted by Gasteiger charge is 2.18. The van der Waals surface area contributed by atoms with E-state index in [2.05, 4.69) is 23.8 Å². The molecule has 5 heteroatoms. The molecule has 0 aromatic heterocycles. The summed E-state index contributed by atoms with van der Waals surface area (Å²) in [5.41, 5.74) is 0. The van der Waals surface area contributed by atoms with Gasteiger partial charge in [0.15, 0.2) is 6.10 Å². The summed E-state index contributed by atoms with van der Waals surface area (Å²) < 4.78 is 4.43. The number of unbranched alkanes of at least 4 members (excludes halogenated alkanes) is 11. The SMILES string of the molecule is CCCCCCCC/C=C\CCCCCCCC(=O)OC(=O)C(O)CO. The lowest BCUT2D eigenvalue weighted by Crippen LogP contribution is -2.28. The second kappa shape index (κ2) is 18.6. The Morgan fingerprint density at radius 3 is 1.88 bits per heavy atom. The van der Waals surface area contributed by atoms with Crippen molar-refractivity contribution in [3.05, 3.63) is 12.2 Å². The van der Waals surface area contributed by atoms with E-state index in [0.717, 1.165) is 25.7 Å². The molecule has 0 saturated carbocycles. The lowest BCUT2D eigenvalue weighted by molar-refractivity contribution is -0.167. The number of carbonyl (C=O) groups excluding carboxylic acids is 2. The molecule has 0 aromatic carbocycles. The average Bonchev–Trinajstić information content (AvgIpc) is 2.64. The predicted molar refractivity (Wildman–Crippen MR) is 104 cm³/mol. The molecule has 0 bridgehead atoms. The Hall–Kier alpha value is -1.20. The molecule has 0 aromatic rings. The number of aliphatic hydroxyl groups excluding tert-OH is 2. The molecule has 0 heterocycles. The molecule has 1 atom stereocenters. The third-order valence-electron chi connectivity index (χ3n) is 4.30. The van der Waals surface area contributed by atoms with Crippen LogP contribution in [0.4, 0.5) is 0 Å². The molecule has 2 N–H and O–H groups in total. The summed E-state index contributed by atoms with van der Waals surface area (Å²) in [6.07, 6.45) is 18.4. The van der Waals surface area contributed by atoms with Crippen molar-refractivity contribution in [2.24, 2.45) is 0 Å². The maximum Gasteiger partial charge on any atom is 0.345 e. The molecular formula is C21H38O5. The minimum atomic E-state index is -1.63. The van der Waals surface area contributed by atoms with Crippen LogP contribution in [-0.4, -0.2) is 34.9 Å². The number of esters is 2. The predicted octanol–water partition coefficient (Wildman–Crippen LogP) is 4.45. The fourth-order valence-electron chi connectivity index (χ4n) is 2.65. The minimum Gasteiger partial charge on any atom is -0.393 e. The van der Waals surface area contributed by atoms with Gasteiger partial charge < -0.3 is 14.9 Å². The summed E-state index contributed by atoms with van der Waals surface area (Å²) in [7, 11) is 0. The first-order valence-electron chi connectivity index (χ1n) is 10.3. The van der Waals surface area contributed by atoms with E-state index in [-0.39, 0.29) is 6.42 Å². The molecule has 5 nitrogen and oxygen atoms in total. The van der Waals surface area contributed by atoms with Crippen molar-refractivity contribution in [3.8, 4) is 0 Å². The highest BCUT2D eigenvalue weighted by molar-refractivity contribution is 5.87. The maximum atomic E-state index is 11.4. The molecule has 0 rings (SSSR count). The molecule has 152 valence electrons. The van der Waals surface area contributed by atoms with Crippen LogP contribution < -0.4 is 0 Å². The number of rotatable bonds is 17. The molecule has 0 aliphatic carbocycles. The summed E-state index contributed by atoms with van der Waals surface area (Å²) in [5, 5.41) is 17.6. The lowest BCUT2D eigenvalue weighted by atomic mass is 10.1. The standard InChI is InChI=1S/C21H38O5/c1-2-3-4-5-6-7-8-9-10-11-12-13-14-15-16-17-20(24)26-21(25)19(23)18-22/h9-10,19,22-23H,2-8,11-18H2,1H3/b10-9-. The van der Waals surface area contributed by atoms with Crippen LogP contribution in [0.1, 0.15) is 96.8 Å². The second-order valence-electron chi connectivity index (χ2n) is 6.83. The van der Waals surface area contributed by atoms with E-state index >= 15 is 0 Å². The van der Waals surface area contributed by atoms with Crippen LogP contribution in [0.25, 0.3) is 0 Å². The van der Waals surface area contributed by atoms with Crippen LogP contribution in [0, 0.1) is 0 Å². The number of carbonyl (C=O) groups is 2. The Kier molecular flexibility index (Phi) is 17.7. The van der Waals surface area contributed by atoms with Crippen LogP contribution >= 0.6 is 0 Å². The molecule has 0 amide bonds. The zero-order valence-corrected chi connectivity index (χ0v) is 16.5. The summed E-state index contributed by atoms with van der Waals surface area (Å²) in [4.78, 5) is 22.4. The van der Waals surface area contributed by atoms with Gasteiger partial charge in [-0.3, -0.25) is 4.79 Å². The molecule has 0 saturated heterocycles. The minimum absolute atomic E-state index is 0.169. The second-order valence-corrected chi connectivity index (χ2v) is 6.83. The first-order valence-corrected chi connectivity index (χ1v) is 10.3. The van der Waals surface area contributed by atoms with Crippen molar-refractivity contribution < 1.29 is 24.5 Å². The first-order chi connectivity index (χ1) is 12.6. The largest absolute Gasteiger partial charge is 0.393 e. The van der Waals surface area contributed by atoms with Gasteiger partial charge in [-0.1, -0.05) is 70.4 Å². The number of hydrogen-bond acceptors (Lipinski definition) is 5. The number of hydrogen-bond donors (Lipinski definition) is 2. The highest BCUT2D eigenvalue weighted by Crippen LogP contribution is 2.10. The van der Waals surface area contributed by atoms with Gasteiger partial charge >= 0.3 is 11.9 Å². The molecule has 0 aliphatic heterocycles. The van der Waals surface area contributed by atoms with E-state index in [1.165, 1.54) is 51.4 Å². The monoisotopic (exact) mass is 370 g/mol. The first kappa shape index (κ1) is 24.8. The molecule has 0 aliphatic rings. The third kappa shape index (κ3) is 16.3. The Balaban J connectivity index is 3.34. The van der Waals surface area contributed by atoms with Gasteiger partial charge in [-0.05, 0) is 32.1 Å². The molecule has 1 unspecified atom stereocenters. The Morgan fingerprint density at radius 1 is 0.846 bits per heavy atom. The molecular weight excluding hydrogens is 332 g/mol. The van der Waals surface area contributed by atoms with E-state index in [1.807, 2.05) is 0 Å². The van der Waals surface area contributed by atoms with E-state index in [0.29, 0.717) is 6.42 Å². The fraction of sp³-hybridized carbons (Fsp3) is 0.810. The van der Waals surface area contributed by atoms with Gasteiger partial charge in [0.25, 0.3) is 0 Å². The van der Waals surface area contributed by atoms with Gasteiger partial charge in [0.2, 0.25) is 0 Å². The van der Waals surface area contributed by atoms with Crippen LogP contribution in [0.3, 0.4) is 0 Å². The van der Waals surface area contributed by atoms with Gasteiger partial charge in [-0.2, -0.15) is 0 Å². The van der Waals surface area contributed by atoms with E-state index in [1.54, 1.807) is 0 Å². The number of aliphatic hydroxyl groups is 2. The quantitative estimate of drug-likeness (QED) is 0.171. The van der Waals surface area contributed by atoms with Gasteiger partial charge in [0.05, 0.1) is 6.61 Å². The van der Waals surface area contributed by atoms with Crippen LogP contribution in [0.15, 0.2) is 12.2 Å². The molecule has 26 heavy (non-hydrogen) atoms. The van der Waals surface area contributed by atoms with E-state index < -0.39 is 24.6 Å². The van der Waals surface area contributed by atoms with Crippen molar-refractivity contribution in [2.45, 2.75) is 103 Å². The Labute approximate surface area is 158 Å². The summed E-state index contributed by atoms with van der Waals surface area (Å²) >= 11 is 0. The smallest absolute Gasteiger partial charge is 0.345 e. The zero-order valence-electron chi connectivity index (χ0n) is 16.5. The van der Waals surface area contributed by atoms with Gasteiger partial charge in [-0.25, -0.2) is 4.79 Å². The van der Waals surface area contributed by atoms with Crippen molar-refractivity contribution in [3.63, 3.8) is 0 Å². The number of allylic oxidation sites excluding steroid dienone is 2. The molecule has 0 radical (unpaired) electrons. The number of ether oxygens (including phenoxy) is 1. The maximum absolute atomic E-state index is 11.4. The topological polar surface area (TPSA) is 83.8 Å². The molecule has 0 spiro atoms. The van der Waals surface area contributed by atoms with Gasteiger partial charge in [0, 0.05) is 6.42 Å². The summed E-state index contributed by atoms with van der Waals surface area (Å²) in [6.45, 7) is 1.51. The third-order valence-corrected chi connectivity index (χ3v) is 4.30. The highest BCUT2D eigenvalue weighted by atomic mass is 16.6. The van der Waals surface area contributed by atoms with Crippen molar-refractivity contribution in [1.29, 1.82) is 0 Å². The lowest BCUT2D eigenvalue weighted by Gasteiger charge is -2.06. The van der Waals surface area contributed by atoms with Crippen LogP contribution in [0.2, 0.25) is 0 Å².